The number of aromatic amines is 1. The predicted molar refractivity (Wildman–Crippen MR) is 147 cm³/mol. The molecule has 5 rings (SSSR count). The normalized spacial score (nSPS) is 10.8. The van der Waals surface area contributed by atoms with E-state index < -0.39 is 0 Å². The molecule has 10 heteroatoms. The largest absolute Gasteiger partial charge is 0.364 e. The van der Waals surface area contributed by atoms with Gasteiger partial charge in [-0.2, -0.15) is 0 Å². The summed E-state index contributed by atoms with van der Waals surface area (Å²) in [6, 6.07) is 16.9. The molecule has 0 fully saturated rings. The van der Waals surface area contributed by atoms with Crippen molar-refractivity contribution in [3.63, 3.8) is 0 Å². The summed E-state index contributed by atoms with van der Waals surface area (Å²) >= 11 is 1.44. The standard InChI is InChI=1S/C28H25N7O2S/c1-18-20(14-26(36)33-16-22-7-3-5-10-30-22)12-23(27(37)34-18)24-17-38-28(35-24)19-8-11-31-25(13-19)32-15-21-6-2-4-9-29-21/h2-13,17H,14-16H2,1H3,(H,31,32)(H,33,36)(H,34,37). The molecule has 0 unspecified atom stereocenters. The summed E-state index contributed by atoms with van der Waals surface area (Å²) in [7, 11) is 0. The van der Waals surface area contributed by atoms with Crippen LogP contribution in [0.5, 0.6) is 0 Å². The van der Waals surface area contributed by atoms with Crippen LogP contribution in [-0.4, -0.2) is 30.8 Å². The molecule has 190 valence electrons. The third-order valence-corrected chi connectivity index (χ3v) is 6.74. The number of hydrogen-bond donors (Lipinski definition) is 3. The first-order chi connectivity index (χ1) is 18.5. The average Bonchev–Trinajstić information content (AvgIpc) is 3.44. The highest BCUT2D eigenvalue weighted by Gasteiger charge is 2.15. The zero-order valence-corrected chi connectivity index (χ0v) is 21.5. The SMILES string of the molecule is Cc1[nH]c(=O)c(-c2csc(-c3ccnc(NCc4ccccn4)c3)n2)cc1CC(=O)NCc1ccccn1. The van der Waals surface area contributed by atoms with Gasteiger partial charge >= 0.3 is 0 Å². The summed E-state index contributed by atoms with van der Waals surface area (Å²) < 4.78 is 0. The third-order valence-electron chi connectivity index (χ3n) is 5.85. The summed E-state index contributed by atoms with van der Waals surface area (Å²) in [5.74, 6) is 0.551. The lowest BCUT2D eigenvalue weighted by atomic mass is 10.1. The van der Waals surface area contributed by atoms with Gasteiger partial charge in [-0.25, -0.2) is 9.97 Å². The third kappa shape index (κ3) is 6.16. The lowest BCUT2D eigenvalue weighted by Crippen LogP contribution is -2.26. The van der Waals surface area contributed by atoms with Crippen LogP contribution in [0, 0.1) is 6.92 Å². The van der Waals surface area contributed by atoms with Crippen molar-refractivity contribution in [1.29, 1.82) is 0 Å². The molecule has 3 N–H and O–H groups in total. The monoisotopic (exact) mass is 523 g/mol. The van der Waals surface area contributed by atoms with Crippen molar-refractivity contribution in [2.75, 3.05) is 5.32 Å². The van der Waals surface area contributed by atoms with Gasteiger partial charge in [0.05, 0.1) is 42.2 Å². The fourth-order valence-electron chi connectivity index (χ4n) is 3.84. The Morgan fingerprint density at radius 1 is 0.947 bits per heavy atom. The van der Waals surface area contributed by atoms with Crippen LogP contribution in [0.2, 0.25) is 0 Å². The number of aromatic nitrogens is 5. The van der Waals surface area contributed by atoms with Crippen LogP contribution in [-0.2, 0) is 24.3 Å². The van der Waals surface area contributed by atoms with Crippen molar-refractivity contribution < 1.29 is 4.79 Å². The van der Waals surface area contributed by atoms with Crippen LogP contribution < -0.4 is 16.2 Å². The van der Waals surface area contributed by atoms with Crippen molar-refractivity contribution in [3.8, 4) is 21.8 Å². The molecule has 0 saturated carbocycles. The van der Waals surface area contributed by atoms with Gasteiger partial charge in [-0.05, 0) is 55.0 Å². The van der Waals surface area contributed by atoms with Gasteiger partial charge in [0.2, 0.25) is 5.91 Å². The van der Waals surface area contributed by atoms with Gasteiger partial charge in [-0.3, -0.25) is 19.6 Å². The molecule has 5 aromatic rings. The van der Waals surface area contributed by atoms with Gasteiger partial charge in [0, 0.05) is 35.2 Å². The Balaban J connectivity index is 1.30. The fourth-order valence-corrected chi connectivity index (χ4v) is 4.66. The Bertz CT molecular complexity index is 1600. The molecule has 0 aromatic carbocycles. The van der Waals surface area contributed by atoms with E-state index in [2.05, 4.69) is 30.6 Å². The maximum atomic E-state index is 12.8. The minimum Gasteiger partial charge on any atom is -0.364 e. The Morgan fingerprint density at radius 2 is 1.71 bits per heavy atom. The number of anilines is 1. The summed E-state index contributed by atoms with van der Waals surface area (Å²) in [6.45, 7) is 2.68. The second-order valence-electron chi connectivity index (χ2n) is 8.58. The van der Waals surface area contributed by atoms with Crippen LogP contribution in [0.1, 0.15) is 22.6 Å². The number of nitrogens with one attached hydrogen (secondary N) is 3. The first-order valence-electron chi connectivity index (χ1n) is 12.0. The molecule has 0 bridgehead atoms. The fraction of sp³-hybridized carbons (Fsp3) is 0.143. The summed E-state index contributed by atoms with van der Waals surface area (Å²) in [6.07, 6.45) is 5.30. The van der Waals surface area contributed by atoms with Crippen LogP contribution in [0.15, 0.2) is 83.4 Å². The summed E-state index contributed by atoms with van der Waals surface area (Å²) in [4.78, 5) is 45.9. The highest BCUT2D eigenvalue weighted by Crippen LogP contribution is 2.29. The van der Waals surface area contributed by atoms with Gasteiger partial charge < -0.3 is 15.6 Å². The van der Waals surface area contributed by atoms with E-state index in [0.29, 0.717) is 35.9 Å². The van der Waals surface area contributed by atoms with Crippen LogP contribution in [0.3, 0.4) is 0 Å². The Labute approximate surface area is 223 Å². The molecular weight excluding hydrogens is 498 g/mol. The van der Waals surface area contributed by atoms with E-state index >= 15 is 0 Å². The number of H-pyrrole nitrogens is 1. The maximum absolute atomic E-state index is 12.8. The summed E-state index contributed by atoms with van der Waals surface area (Å²) in [5.41, 5.74) is 4.70. The lowest BCUT2D eigenvalue weighted by Gasteiger charge is -2.09. The van der Waals surface area contributed by atoms with E-state index in [1.807, 2.05) is 53.9 Å². The number of rotatable bonds is 9. The van der Waals surface area contributed by atoms with E-state index in [-0.39, 0.29) is 17.9 Å². The van der Waals surface area contributed by atoms with Gasteiger partial charge in [-0.1, -0.05) is 12.1 Å². The molecule has 0 aliphatic heterocycles. The van der Waals surface area contributed by atoms with E-state index in [9.17, 15) is 9.59 Å². The number of hydrogen-bond acceptors (Lipinski definition) is 8. The first-order valence-corrected chi connectivity index (χ1v) is 12.9. The molecule has 5 heterocycles. The van der Waals surface area contributed by atoms with Crippen LogP contribution >= 0.6 is 11.3 Å². The van der Waals surface area contributed by atoms with E-state index in [1.165, 1.54) is 11.3 Å². The molecule has 0 aliphatic carbocycles. The quantitative estimate of drug-likeness (QED) is 0.265. The molecule has 5 aromatic heterocycles. The van der Waals surface area contributed by atoms with Gasteiger partial charge in [0.1, 0.15) is 10.8 Å². The van der Waals surface area contributed by atoms with Gasteiger partial charge in [0.25, 0.3) is 5.56 Å². The van der Waals surface area contributed by atoms with E-state index in [1.54, 1.807) is 31.6 Å². The van der Waals surface area contributed by atoms with Crippen LogP contribution in [0.4, 0.5) is 5.82 Å². The Hall–Kier alpha value is -4.70. The number of carbonyl (C=O) groups is 1. The number of thiazole rings is 1. The van der Waals surface area contributed by atoms with Crippen molar-refractivity contribution in [2.24, 2.45) is 0 Å². The Kier molecular flexibility index (Phi) is 7.60. The van der Waals surface area contributed by atoms with Crippen molar-refractivity contribution >= 4 is 23.1 Å². The van der Waals surface area contributed by atoms with Crippen LogP contribution in [0.25, 0.3) is 21.8 Å². The molecule has 9 nitrogen and oxygen atoms in total. The molecule has 1 amide bonds. The average molecular weight is 524 g/mol. The minimum absolute atomic E-state index is 0.134. The molecule has 0 saturated heterocycles. The van der Waals surface area contributed by atoms with E-state index in [4.69, 9.17) is 4.98 Å². The zero-order chi connectivity index (χ0) is 26.3. The minimum atomic E-state index is -0.246. The number of pyridine rings is 4. The van der Waals surface area contributed by atoms with Crippen molar-refractivity contribution in [2.45, 2.75) is 26.4 Å². The molecule has 0 spiro atoms. The van der Waals surface area contributed by atoms with Gasteiger partial charge in [-0.15, -0.1) is 11.3 Å². The van der Waals surface area contributed by atoms with Crippen molar-refractivity contribution in [1.82, 2.24) is 30.2 Å². The second-order valence-corrected chi connectivity index (χ2v) is 9.44. The van der Waals surface area contributed by atoms with Gasteiger partial charge in [0.15, 0.2) is 0 Å². The number of aryl methyl sites for hydroxylation is 1. The molecular formula is C28H25N7O2S. The number of amides is 1. The Morgan fingerprint density at radius 3 is 2.45 bits per heavy atom. The number of carbonyl (C=O) groups excluding carboxylic acids is 1. The lowest BCUT2D eigenvalue weighted by molar-refractivity contribution is -0.120. The highest BCUT2D eigenvalue weighted by molar-refractivity contribution is 7.13. The number of nitrogens with zero attached hydrogens (tertiary/aromatic N) is 4. The van der Waals surface area contributed by atoms with E-state index in [0.717, 1.165) is 27.5 Å². The molecule has 38 heavy (non-hydrogen) atoms. The molecule has 0 radical (unpaired) electrons. The molecule has 0 aliphatic rings. The van der Waals surface area contributed by atoms with Crippen molar-refractivity contribution in [3.05, 3.63) is 112 Å². The second kappa shape index (κ2) is 11.6. The smallest absolute Gasteiger partial charge is 0.257 e. The maximum Gasteiger partial charge on any atom is 0.257 e. The first kappa shape index (κ1) is 25.0. The predicted octanol–water partition coefficient (Wildman–Crippen LogP) is 4.13. The topological polar surface area (TPSA) is 126 Å². The highest BCUT2D eigenvalue weighted by atomic mass is 32.1. The summed E-state index contributed by atoms with van der Waals surface area (Å²) in [5, 5.41) is 8.77. The molecule has 0 atom stereocenters. The zero-order valence-electron chi connectivity index (χ0n) is 20.6.